The average Bonchev–Trinajstić information content (AvgIpc) is 3.15. The van der Waals surface area contributed by atoms with Gasteiger partial charge in [0.2, 0.25) is 5.91 Å². The standard InChI is InChI=1S/C23H24N2O4S/c1-23(2)12-15-21(17(26)13-23)22(18-8-5-11-30-18)25(19(27)9-10-20(28)29)16-7-4-3-6-14(16)24-15/h3-8,11,22,24H,9-10,12-13H2,1-2H3,(H,28,29)/t22-/m0/s1. The van der Waals surface area contributed by atoms with Crippen molar-refractivity contribution >= 4 is 40.4 Å². The molecule has 2 aromatic rings. The molecule has 1 aromatic heterocycles. The van der Waals surface area contributed by atoms with Gasteiger partial charge in [-0.15, -0.1) is 11.3 Å². The third-order valence-electron chi connectivity index (χ3n) is 5.53. The number of amides is 1. The van der Waals surface area contributed by atoms with E-state index in [9.17, 15) is 14.4 Å². The number of nitrogens with zero attached hydrogens (tertiary/aromatic N) is 1. The number of thiophene rings is 1. The molecular formula is C23H24N2O4S. The molecule has 1 atom stereocenters. The van der Waals surface area contributed by atoms with Crippen molar-refractivity contribution < 1.29 is 19.5 Å². The number of carbonyl (C=O) groups is 3. The van der Waals surface area contributed by atoms with Crippen LogP contribution in [0.3, 0.4) is 0 Å². The smallest absolute Gasteiger partial charge is 0.303 e. The van der Waals surface area contributed by atoms with Crippen molar-refractivity contribution in [1.82, 2.24) is 0 Å². The molecular weight excluding hydrogens is 400 g/mol. The summed E-state index contributed by atoms with van der Waals surface area (Å²) in [4.78, 5) is 40.3. The minimum atomic E-state index is -1.02. The molecule has 0 fully saturated rings. The maximum absolute atomic E-state index is 13.4. The Labute approximate surface area is 179 Å². The lowest BCUT2D eigenvalue weighted by molar-refractivity contribution is -0.138. The maximum Gasteiger partial charge on any atom is 0.303 e. The summed E-state index contributed by atoms with van der Waals surface area (Å²) in [5.41, 5.74) is 2.68. The molecule has 0 radical (unpaired) electrons. The number of Topliss-reactive ketones (excluding diaryl/α,β-unsaturated/α-hetero) is 1. The van der Waals surface area contributed by atoms with Crippen LogP contribution in [0.25, 0.3) is 0 Å². The number of carboxylic acid groups (broad SMARTS) is 1. The predicted octanol–water partition coefficient (Wildman–Crippen LogP) is 4.76. The van der Waals surface area contributed by atoms with E-state index in [0.29, 0.717) is 24.1 Å². The molecule has 7 heteroatoms. The summed E-state index contributed by atoms with van der Waals surface area (Å²) in [6, 6.07) is 10.7. The first kappa shape index (κ1) is 20.3. The van der Waals surface area contributed by atoms with E-state index < -0.39 is 12.0 Å². The molecule has 0 spiro atoms. The number of hydrogen-bond donors (Lipinski definition) is 2. The van der Waals surface area contributed by atoms with E-state index in [1.807, 2.05) is 41.8 Å². The number of aliphatic carboxylic acids is 1. The van der Waals surface area contributed by atoms with Gasteiger partial charge >= 0.3 is 5.97 Å². The van der Waals surface area contributed by atoms with E-state index >= 15 is 0 Å². The van der Waals surface area contributed by atoms with E-state index in [1.54, 1.807) is 4.90 Å². The van der Waals surface area contributed by atoms with Crippen molar-refractivity contribution in [3.05, 3.63) is 57.9 Å². The number of anilines is 2. The Hall–Kier alpha value is -2.93. The first-order chi connectivity index (χ1) is 14.3. The Kier molecular flexibility index (Phi) is 5.24. The highest BCUT2D eigenvalue weighted by Gasteiger charge is 2.43. The van der Waals surface area contributed by atoms with Crippen LogP contribution in [0.2, 0.25) is 0 Å². The lowest BCUT2D eigenvalue weighted by Gasteiger charge is -2.36. The van der Waals surface area contributed by atoms with Gasteiger partial charge in [0, 0.05) is 29.0 Å². The summed E-state index contributed by atoms with van der Waals surface area (Å²) in [6.45, 7) is 4.15. The first-order valence-electron chi connectivity index (χ1n) is 9.96. The van der Waals surface area contributed by atoms with E-state index in [2.05, 4.69) is 19.2 Å². The molecule has 4 rings (SSSR count). The number of carbonyl (C=O) groups excluding carboxylic acids is 2. The molecule has 2 aliphatic rings. The van der Waals surface area contributed by atoms with Gasteiger partial charge in [-0.25, -0.2) is 0 Å². The van der Waals surface area contributed by atoms with Crippen molar-refractivity contribution in [2.45, 2.75) is 45.6 Å². The Bertz CT molecular complexity index is 1040. The van der Waals surface area contributed by atoms with Crippen LogP contribution >= 0.6 is 11.3 Å². The summed E-state index contributed by atoms with van der Waals surface area (Å²) < 4.78 is 0. The van der Waals surface area contributed by atoms with Crippen molar-refractivity contribution in [3.8, 4) is 0 Å². The molecule has 2 heterocycles. The monoisotopic (exact) mass is 424 g/mol. The van der Waals surface area contributed by atoms with Gasteiger partial charge in [0.05, 0.1) is 17.8 Å². The van der Waals surface area contributed by atoms with Crippen LogP contribution in [-0.2, 0) is 14.4 Å². The molecule has 1 aliphatic carbocycles. The van der Waals surface area contributed by atoms with Crippen LogP contribution in [0.5, 0.6) is 0 Å². The molecule has 6 nitrogen and oxygen atoms in total. The summed E-state index contributed by atoms with van der Waals surface area (Å²) in [6.07, 6.45) is 0.715. The van der Waals surface area contributed by atoms with Crippen LogP contribution in [0.1, 0.15) is 50.4 Å². The number of carboxylic acids is 1. The topological polar surface area (TPSA) is 86.7 Å². The quantitative estimate of drug-likeness (QED) is 0.739. The molecule has 30 heavy (non-hydrogen) atoms. The van der Waals surface area contributed by atoms with Crippen LogP contribution in [0.15, 0.2) is 53.0 Å². The number of benzene rings is 1. The SMILES string of the molecule is CC1(C)CC(=O)C2=C(C1)Nc1ccccc1N(C(=O)CCC(=O)O)[C@H]2c1cccs1. The van der Waals surface area contributed by atoms with Gasteiger partial charge in [-0.2, -0.15) is 0 Å². The highest BCUT2D eigenvalue weighted by molar-refractivity contribution is 7.10. The summed E-state index contributed by atoms with van der Waals surface area (Å²) in [7, 11) is 0. The molecule has 0 bridgehead atoms. The Morgan fingerprint density at radius 1 is 1.17 bits per heavy atom. The van der Waals surface area contributed by atoms with Gasteiger partial charge in [-0.05, 0) is 35.4 Å². The lowest BCUT2D eigenvalue weighted by atomic mass is 9.74. The number of hydrogen-bond acceptors (Lipinski definition) is 5. The highest BCUT2D eigenvalue weighted by Crippen LogP contribution is 2.49. The minimum absolute atomic E-state index is 0.0241. The van der Waals surface area contributed by atoms with Crippen molar-refractivity contribution in [2.24, 2.45) is 5.41 Å². The molecule has 1 aromatic carbocycles. The van der Waals surface area contributed by atoms with E-state index in [0.717, 1.165) is 16.3 Å². The van der Waals surface area contributed by atoms with Crippen molar-refractivity contribution in [2.75, 3.05) is 10.2 Å². The third-order valence-corrected chi connectivity index (χ3v) is 6.46. The summed E-state index contributed by atoms with van der Waals surface area (Å²) in [5, 5.41) is 14.5. The fourth-order valence-corrected chi connectivity index (χ4v) is 5.14. The van der Waals surface area contributed by atoms with E-state index in [1.165, 1.54) is 11.3 Å². The molecule has 1 amide bonds. The van der Waals surface area contributed by atoms with Gasteiger partial charge in [0.15, 0.2) is 5.78 Å². The largest absolute Gasteiger partial charge is 0.481 e. The second kappa shape index (κ2) is 7.72. The number of fused-ring (bicyclic) bond motifs is 1. The number of ketones is 1. The summed E-state index contributed by atoms with van der Waals surface area (Å²) in [5.74, 6) is -1.31. The van der Waals surface area contributed by atoms with Crippen molar-refractivity contribution in [3.63, 3.8) is 0 Å². The van der Waals surface area contributed by atoms with E-state index in [-0.39, 0.29) is 29.9 Å². The van der Waals surface area contributed by atoms with Crippen LogP contribution in [0, 0.1) is 5.41 Å². The number of rotatable bonds is 4. The highest BCUT2D eigenvalue weighted by atomic mass is 32.1. The van der Waals surface area contributed by atoms with Gasteiger partial charge in [0.1, 0.15) is 6.04 Å². The molecule has 0 saturated heterocycles. The zero-order valence-electron chi connectivity index (χ0n) is 17.0. The molecule has 0 unspecified atom stereocenters. The van der Waals surface area contributed by atoms with Crippen LogP contribution in [-0.4, -0.2) is 22.8 Å². The number of nitrogens with one attached hydrogen (secondary N) is 1. The molecule has 2 N–H and O–H groups in total. The van der Waals surface area contributed by atoms with Gasteiger partial charge in [-0.1, -0.05) is 32.0 Å². The molecule has 156 valence electrons. The van der Waals surface area contributed by atoms with Crippen LogP contribution < -0.4 is 10.2 Å². The number of para-hydroxylation sites is 2. The van der Waals surface area contributed by atoms with E-state index in [4.69, 9.17) is 5.11 Å². The van der Waals surface area contributed by atoms with Gasteiger partial charge in [-0.3, -0.25) is 19.3 Å². The Morgan fingerprint density at radius 2 is 1.93 bits per heavy atom. The van der Waals surface area contributed by atoms with Crippen LogP contribution in [0.4, 0.5) is 11.4 Å². The minimum Gasteiger partial charge on any atom is -0.481 e. The summed E-state index contributed by atoms with van der Waals surface area (Å²) >= 11 is 1.49. The van der Waals surface area contributed by atoms with Gasteiger partial charge in [0.25, 0.3) is 0 Å². The van der Waals surface area contributed by atoms with Crippen molar-refractivity contribution in [1.29, 1.82) is 0 Å². The van der Waals surface area contributed by atoms with Gasteiger partial charge < -0.3 is 10.4 Å². The predicted molar refractivity (Wildman–Crippen MR) is 117 cm³/mol. The average molecular weight is 425 g/mol. The third kappa shape index (κ3) is 3.77. The Morgan fingerprint density at radius 3 is 2.63 bits per heavy atom. The second-order valence-electron chi connectivity index (χ2n) is 8.55. The zero-order valence-corrected chi connectivity index (χ0v) is 17.8. The normalized spacial score (nSPS) is 20.1. The zero-order chi connectivity index (χ0) is 21.5. The Balaban J connectivity index is 1.92. The molecule has 0 saturated carbocycles. The maximum atomic E-state index is 13.4. The first-order valence-corrected chi connectivity index (χ1v) is 10.8. The fraction of sp³-hybridized carbons (Fsp3) is 0.348. The second-order valence-corrected chi connectivity index (χ2v) is 9.53. The fourth-order valence-electron chi connectivity index (χ4n) is 4.31. The molecule has 1 aliphatic heterocycles. The number of allylic oxidation sites excluding steroid dienone is 1. The lowest BCUT2D eigenvalue weighted by Crippen LogP contribution is -2.39.